The molecule has 1 N–H and O–H groups in total. The summed E-state index contributed by atoms with van der Waals surface area (Å²) in [5, 5.41) is 8.02. The molecule has 2 heterocycles. The van der Waals surface area contributed by atoms with Crippen LogP contribution in [0.2, 0.25) is 5.02 Å². The van der Waals surface area contributed by atoms with Crippen molar-refractivity contribution in [2.24, 2.45) is 0 Å². The van der Waals surface area contributed by atoms with Crippen LogP contribution in [-0.2, 0) is 6.54 Å². The lowest BCUT2D eigenvalue weighted by molar-refractivity contribution is 0.102. The number of hydrogen-bond donors (Lipinski definition) is 1. The van der Waals surface area contributed by atoms with Gasteiger partial charge in [-0.3, -0.25) is 4.79 Å². The number of aryl methyl sites for hydroxylation is 2. The number of anilines is 2. The number of nitrogens with zero attached hydrogens (tertiary/aromatic N) is 4. The summed E-state index contributed by atoms with van der Waals surface area (Å²) in [5.74, 6) is 0.492. The summed E-state index contributed by atoms with van der Waals surface area (Å²) >= 11 is 6.00. The highest BCUT2D eigenvalue weighted by molar-refractivity contribution is 6.30. The zero-order valence-corrected chi connectivity index (χ0v) is 17.8. The number of fused-ring (bicyclic) bond motifs is 1. The maximum Gasteiger partial charge on any atom is 0.276 e. The molecule has 1 amide bonds. The van der Waals surface area contributed by atoms with Gasteiger partial charge >= 0.3 is 0 Å². The number of carbonyl (C=O) groups excluding carboxylic acids is 1. The van der Waals surface area contributed by atoms with Crippen LogP contribution in [-0.4, -0.2) is 27.6 Å². The molecule has 2 aromatic carbocycles. The summed E-state index contributed by atoms with van der Waals surface area (Å²) in [6.45, 7) is 4.51. The van der Waals surface area contributed by atoms with Crippen molar-refractivity contribution in [1.29, 1.82) is 0 Å². The first-order valence-electron chi connectivity index (χ1n) is 9.60. The fraction of sp³-hybridized carbons (Fsp3) is 0.174. The van der Waals surface area contributed by atoms with Gasteiger partial charge < -0.3 is 10.2 Å². The summed E-state index contributed by atoms with van der Waals surface area (Å²) in [4.78, 5) is 19.6. The van der Waals surface area contributed by atoms with Crippen molar-refractivity contribution in [1.82, 2.24) is 14.6 Å². The maximum absolute atomic E-state index is 12.8. The van der Waals surface area contributed by atoms with Gasteiger partial charge in [-0.25, -0.2) is 9.50 Å². The molecule has 4 rings (SSSR count). The van der Waals surface area contributed by atoms with Crippen LogP contribution in [0.3, 0.4) is 0 Å². The Hall–Kier alpha value is -3.38. The first-order chi connectivity index (χ1) is 14.4. The van der Waals surface area contributed by atoms with Crippen molar-refractivity contribution in [2.75, 3.05) is 17.3 Å². The van der Waals surface area contributed by atoms with E-state index in [0.717, 1.165) is 22.6 Å². The minimum absolute atomic E-state index is 0.279. The molecule has 6 nitrogen and oxygen atoms in total. The van der Waals surface area contributed by atoms with Gasteiger partial charge in [-0.15, -0.1) is 0 Å². The zero-order chi connectivity index (χ0) is 21.3. The van der Waals surface area contributed by atoms with Gasteiger partial charge in [-0.05, 0) is 43.2 Å². The molecule has 0 unspecified atom stereocenters. The minimum Gasteiger partial charge on any atom is -0.354 e. The topological polar surface area (TPSA) is 62.5 Å². The third-order valence-electron chi connectivity index (χ3n) is 4.85. The van der Waals surface area contributed by atoms with Crippen LogP contribution in [0.4, 0.5) is 11.5 Å². The Bertz CT molecular complexity index is 1220. The number of hydrogen-bond acceptors (Lipinski definition) is 4. The van der Waals surface area contributed by atoms with Gasteiger partial charge in [0.2, 0.25) is 0 Å². The fourth-order valence-electron chi connectivity index (χ4n) is 3.37. The first-order valence-corrected chi connectivity index (χ1v) is 9.98. The Kier molecular flexibility index (Phi) is 5.42. The lowest BCUT2D eigenvalue weighted by Gasteiger charge is -2.19. The minimum atomic E-state index is -0.279. The molecule has 0 aliphatic heterocycles. The molecule has 4 aromatic rings. The third kappa shape index (κ3) is 4.14. The number of rotatable bonds is 5. The molecule has 0 radical (unpaired) electrons. The van der Waals surface area contributed by atoms with E-state index in [1.165, 1.54) is 5.56 Å². The van der Waals surface area contributed by atoms with E-state index in [2.05, 4.69) is 27.4 Å². The highest BCUT2D eigenvalue weighted by atomic mass is 35.5. The maximum atomic E-state index is 12.8. The second-order valence-electron chi connectivity index (χ2n) is 7.32. The molecular formula is C23H22ClN5O. The van der Waals surface area contributed by atoms with Crippen molar-refractivity contribution < 1.29 is 4.79 Å². The first kappa shape index (κ1) is 19.9. The Morgan fingerprint density at radius 3 is 2.63 bits per heavy atom. The Labute approximate surface area is 180 Å². The van der Waals surface area contributed by atoms with Crippen LogP contribution in [0.15, 0.2) is 60.8 Å². The van der Waals surface area contributed by atoms with Crippen LogP contribution in [0.25, 0.3) is 5.52 Å². The lowest BCUT2D eigenvalue weighted by Crippen LogP contribution is -2.19. The van der Waals surface area contributed by atoms with E-state index < -0.39 is 0 Å². The molecule has 30 heavy (non-hydrogen) atoms. The second-order valence-corrected chi connectivity index (χ2v) is 7.76. The lowest BCUT2D eigenvalue weighted by atomic mass is 10.2. The summed E-state index contributed by atoms with van der Waals surface area (Å²) in [6.07, 6.45) is 1.82. The number of amides is 1. The molecule has 0 fully saturated rings. The Morgan fingerprint density at radius 2 is 1.90 bits per heavy atom. The van der Waals surface area contributed by atoms with Crippen LogP contribution < -0.4 is 10.2 Å². The predicted octanol–water partition coefficient (Wildman–Crippen LogP) is 4.89. The molecule has 0 aliphatic carbocycles. The SMILES string of the molecule is Cc1cn2nc(C(=O)Nc3ccc(Cl)cc3C)cc2c(N(C)Cc2ccccc2)n1. The summed E-state index contributed by atoms with van der Waals surface area (Å²) in [5.41, 5.74) is 4.69. The van der Waals surface area contributed by atoms with Crippen LogP contribution in [0, 0.1) is 13.8 Å². The van der Waals surface area contributed by atoms with Gasteiger partial charge in [0.25, 0.3) is 5.91 Å². The van der Waals surface area contributed by atoms with Crippen LogP contribution in [0.1, 0.15) is 27.3 Å². The van der Waals surface area contributed by atoms with Gasteiger partial charge in [0.05, 0.1) is 11.9 Å². The second kappa shape index (κ2) is 8.16. The van der Waals surface area contributed by atoms with Crippen molar-refractivity contribution in [3.8, 4) is 0 Å². The van der Waals surface area contributed by atoms with Crippen molar-refractivity contribution in [2.45, 2.75) is 20.4 Å². The van der Waals surface area contributed by atoms with Gasteiger partial charge in [0, 0.05) is 30.4 Å². The quantitative estimate of drug-likeness (QED) is 0.500. The molecule has 7 heteroatoms. The van der Waals surface area contributed by atoms with Crippen LogP contribution in [0.5, 0.6) is 0 Å². The normalized spacial score (nSPS) is 10.9. The summed E-state index contributed by atoms with van der Waals surface area (Å²) in [6, 6.07) is 17.3. The zero-order valence-electron chi connectivity index (χ0n) is 17.1. The molecule has 0 atom stereocenters. The molecule has 0 saturated carbocycles. The Morgan fingerprint density at radius 1 is 1.13 bits per heavy atom. The molecule has 0 aliphatic rings. The van der Waals surface area contributed by atoms with E-state index >= 15 is 0 Å². The van der Waals surface area contributed by atoms with E-state index in [4.69, 9.17) is 16.6 Å². The number of aromatic nitrogens is 3. The van der Waals surface area contributed by atoms with Gasteiger partial charge in [0.15, 0.2) is 11.5 Å². The number of halogens is 1. The van der Waals surface area contributed by atoms with E-state index in [-0.39, 0.29) is 5.91 Å². The van der Waals surface area contributed by atoms with Gasteiger partial charge in [-0.1, -0.05) is 41.9 Å². The molecular weight excluding hydrogens is 398 g/mol. The highest BCUT2D eigenvalue weighted by Gasteiger charge is 2.17. The summed E-state index contributed by atoms with van der Waals surface area (Å²) in [7, 11) is 1.98. The molecule has 0 saturated heterocycles. The Balaban J connectivity index is 1.65. The monoisotopic (exact) mass is 419 g/mol. The van der Waals surface area contributed by atoms with Gasteiger partial charge in [0.1, 0.15) is 5.52 Å². The number of carbonyl (C=O) groups is 1. The van der Waals surface area contributed by atoms with E-state index in [9.17, 15) is 4.79 Å². The fourth-order valence-corrected chi connectivity index (χ4v) is 3.59. The van der Waals surface area contributed by atoms with E-state index in [0.29, 0.717) is 22.9 Å². The highest BCUT2D eigenvalue weighted by Crippen LogP contribution is 2.23. The molecule has 0 spiro atoms. The summed E-state index contributed by atoms with van der Waals surface area (Å²) < 4.78 is 1.71. The largest absolute Gasteiger partial charge is 0.354 e. The molecule has 0 bridgehead atoms. The molecule has 2 aromatic heterocycles. The van der Waals surface area contributed by atoms with E-state index in [1.54, 1.807) is 22.7 Å². The van der Waals surface area contributed by atoms with E-state index in [1.807, 2.05) is 51.4 Å². The average Bonchev–Trinajstić information content (AvgIpc) is 3.14. The molecule has 152 valence electrons. The number of nitrogens with one attached hydrogen (secondary N) is 1. The number of benzene rings is 2. The third-order valence-corrected chi connectivity index (χ3v) is 5.08. The van der Waals surface area contributed by atoms with Crippen molar-refractivity contribution in [3.63, 3.8) is 0 Å². The van der Waals surface area contributed by atoms with Crippen molar-refractivity contribution >= 4 is 34.5 Å². The van der Waals surface area contributed by atoms with Crippen molar-refractivity contribution in [3.05, 3.63) is 88.3 Å². The van der Waals surface area contributed by atoms with Gasteiger partial charge in [-0.2, -0.15) is 5.10 Å². The average molecular weight is 420 g/mol. The smallest absolute Gasteiger partial charge is 0.276 e. The van der Waals surface area contributed by atoms with Crippen LogP contribution >= 0.6 is 11.6 Å². The standard InChI is InChI=1S/C23H22ClN5O/c1-15-11-18(24)9-10-19(15)26-23(30)20-12-21-22(25-16(2)13-29(21)27-20)28(3)14-17-7-5-4-6-8-17/h4-13H,14H2,1-3H3,(H,26,30). The predicted molar refractivity (Wildman–Crippen MR) is 120 cm³/mol.